The lowest BCUT2D eigenvalue weighted by Gasteiger charge is -2.34. The molecule has 2 aromatic rings. The maximum absolute atomic E-state index is 13.1. The Morgan fingerprint density at radius 3 is 2.08 bits per heavy atom. The number of sulfonamides is 1. The summed E-state index contributed by atoms with van der Waals surface area (Å²) in [7, 11) is -3.55. The highest BCUT2D eigenvalue weighted by Crippen LogP contribution is 2.24. The van der Waals surface area contributed by atoms with E-state index in [1.165, 1.54) is 36.4 Å². The summed E-state index contributed by atoms with van der Waals surface area (Å²) in [6, 6.07) is 13.0. The number of benzene rings is 2. The molecule has 10 nitrogen and oxygen atoms in total. The molecule has 3 N–H and O–H groups in total. The lowest BCUT2D eigenvalue weighted by atomic mass is 9.89. The Hall–Kier alpha value is -3.02. The number of nitrogens with one attached hydrogen (secondary N) is 1. The zero-order valence-electron chi connectivity index (χ0n) is 20.1. The highest BCUT2D eigenvalue weighted by Gasteiger charge is 2.30. The van der Waals surface area contributed by atoms with E-state index in [1.807, 2.05) is 30.3 Å². The van der Waals surface area contributed by atoms with Gasteiger partial charge in [0.25, 0.3) is 0 Å². The Morgan fingerprint density at radius 2 is 1.47 bits per heavy atom. The van der Waals surface area contributed by atoms with Crippen molar-refractivity contribution >= 4 is 38.6 Å². The van der Waals surface area contributed by atoms with Crippen molar-refractivity contribution in [1.29, 1.82) is 0 Å². The van der Waals surface area contributed by atoms with Crippen LogP contribution < -0.4 is 5.32 Å². The van der Waals surface area contributed by atoms with E-state index in [2.05, 4.69) is 5.32 Å². The molecule has 1 aliphatic heterocycles. The topological polar surface area (TPSA) is 144 Å². The van der Waals surface area contributed by atoms with Crippen LogP contribution >= 0.6 is 0 Å². The maximum Gasteiger partial charge on any atom is 0.414 e. The first-order valence-electron chi connectivity index (χ1n) is 12.1. The maximum atomic E-state index is 13.1. The average molecular weight is 520 g/mol. The van der Waals surface area contributed by atoms with Crippen LogP contribution in [0, 0.1) is 5.92 Å². The number of hydrogen-bond acceptors (Lipinski definition) is 6. The lowest BCUT2D eigenvalue weighted by Crippen LogP contribution is -2.52. The standard InChI is InChI=1S/C23H31N3O3S.C2H2O4/c27-23(18-24-17-19-6-2-1-3-7-19)25-12-14-26(15-13-25)30(28,29)22-11-10-20-8-4-5-9-21(20)16-22;3-1(4)2(5)6/h4-5,8-11,16,19,24H,1-3,6-7,12-15,17-18H2;(H,3,4)(H,5,6). The lowest BCUT2D eigenvalue weighted by molar-refractivity contribution is -0.159. The summed E-state index contributed by atoms with van der Waals surface area (Å²) in [4.78, 5) is 32.8. The fourth-order valence-corrected chi connectivity index (χ4v) is 6.00. The van der Waals surface area contributed by atoms with E-state index in [4.69, 9.17) is 19.8 Å². The van der Waals surface area contributed by atoms with Crippen molar-refractivity contribution in [3.05, 3.63) is 42.5 Å². The van der Waals surface area contributed by atoms with Gasteiger partial charge in [0.05, 0.1) is 11.4 Å². The van der Waals surface area contributed by atoms with E-state index in [0.29, 0.717) is 43.5 Å². The van der Waals surface area contributed by atoms with Crippen LogP contribution in [0.3, 0.4) is 0 Å². The smallest absolute Gasteiger partial charge is 0.414 e. The molecule has 1 amide bonds. The Labute approximate surface area is 210 Å². The van der Waals surface area contributed by atoms with Gasteiger partial charge in [-0.1, -0.05) is 49.6 Å². The molecule has 196 valence electrons. The molecular weight excluding hydrogens is 486 g/mol. The SMILES string of the molecule is O=C(CNCC1CCCCC1)N1CCN(S(=O)(=O)c2ccc3ccccc3c2)CC1.O=C(O)C(=O)O. The van der Waals surface area contributed by atoms with Crippen LogP contribution in [-0.4, -0.2) is 85.0 Å². The predicted molar refractivity (Wildman–Crippen MR) is 134 cm³/mol. The second-order valence-electron chi connectivity index (χ2n) is 9.04. The second kappa shape index (κ2) is 12.8. The molecule has 1 aliphatic carbocycles. The second-order valence-corrected chi connectivity index (χ2v) is 11.0. The number of carbonyl (C=O) groups is 3. The summed E-state index contributed by atoms with van der Waals surface area (Å²) in [5.74, 6) is -2.89. The van der Waals surface area contributed by atoms with Gasteiger partial charge in [-0.3, -0.25) is 4.79 Å². The Bertz CT molecular complexity index is 1160. The average Bonchev–Trinajstić information content (AvgIpc) is 2.89. The van der Waals surface area contributed by atoms with Crippen LogP contribution in [0.5, 0.6) is 0 Å². The predicted octanol–water partition coefficient (Wildman–Crippen LogP) is 2.00. The van der Waals surface area contributed by atoms with Crippen LogP contribution in [0.4, 0.5) is 0 Å². The van der Waals surface area contributed by atoms with Crippen LogP contribution in [0.25, 0.3) is 10.8 Å². The summed E-state index contributed by atoms with van der Waals surface area (Å²) in [6.07, 6.45) is 6.45. The van der Waals surface area contributed by atoms with Gasteiger partial charge in [0.2, 0.25) is 15.9 Å². The van der Waals surface area contributed by atoms with Gasteiger partial charge in [-0.05, 0) is 48.2 Å². The monoisotopic (exact) mass is 519 g/mol. The minimum Gasteiger partial charge on any atom is -0.473 e. The molecule has 11 heteroatoms. The number of nitrogens with zero attached hydrogens (tertiary/aromatic N) is 2. The number of fused-ring (bicyclic) bond motifs is 1. The molecular formula is C25H33N3O7S. The summed E-state index contributed by atoms with van der Waals surface area (Å²) < 4.78 is 27.6. The van der Waals surface area contributed by atoms with E-state index in [0.717, 1.165) is 17.3 Å². The number of carbonyl (C=O) groups excluding carboxylic acids is 1. The molecule has 0 aromatic heterocycles. The summed E-state index contributed by atoms with van der Waals surface area (Å²) in [6.45, 7) is 2.80. The number of amides is 1. The molecule has 2 aromatic carbocycles. The first kappa shape index (κ1) is 27.6. The summed E-state index contributed by atoms with van der Waals surface area (Å²) >= 11 is 0. The number of carboxylic acids is 2. The van der Waals surface area contributed by atoms with Crippen molar-refractivity contribution in [3.8, 4) is 0 Å². The third kappa shape index (κ3) is 7.49. The van der Waals surface area contributed by atoms with Gasteiger partial charge in [0, 0.05) is 26.2 Å². The zero-order valence-corrected chi connectivity index (χ0v) is 21.0. The number of hydrogen-bond donors (Lipinski definition) is 3. The molecule has 0 atom stereocenters. The number of carboxylic acid groups (broad SMARTS) is 2. The van der Waals surface area contributed by atoms with Gasteiger partial charge in [-0.25, -0.2) is 18.0 Å². The zero-order chi connectivity index (χ0) is 26.1. The third-order valence-electron chi connectivity index (χ3n) is 6.57. The normalized spacial score (nSPS) is 17.3. The number of rotatable bonds is 6. The van der Waals surface area contributed by atoms with Gasteiger partial charge in [-0.2, -0.15) is 4.31 Å². The van der Waals surface area contributed by atoms with Crippen LogP contribution in [-0.2, 0) is 24.4 Å². The molecule has 4 rings (SSSR count). The molecule has 0 radical (unpaired) electrons. The Balaban J connectivity index is 0.000000538. The highest BCUT2D eigenvalue weighted by molar-refractivity contribution is 7.89. The molecule has 1 saturated heterocycles. The van der Waals surface area contributed by atoms with Crippen molar-refractivity contribution in [2.24, 2.45) is 5.92 Å². The quantitative estimate of drug-likeness (QED) is 0.492. The molecule has 2 aliphatic rings. The Kier molecular flexibility index (Phi) is 9.80. The van der Waals surface area contributed by atoms with E-state index < -0.39 is 22.0 Å². The number of aliphatic carboxylic acids is 2. The van der Waals surface area contributed by atoms with Gasteiger partial charge in [0.15, 0.2) is 0 Å². The molecule has 1 saturated carbocycles. The van der Waals surface area contributed by atoms with E-state index in [-0.39, 0.29) is 5.91 Å². The van der Waals surface area contributed by atoms with Crippen molar-refractivity contribution < 1.29 is 33.0 Å². The number of piperazine rings is 1. The molecule has 36 heavy (non-hydrogen) atoms. The minimum atomic E-state index is -3.55. The van der Waals surface area contributed by atoms with Crippen molar-refractivity contribution in [2.75, 3.05) is 39.3 Å². The minimum absolute atomic E-state index is 0.0635. The fraction of sp³-hybridized carbons (Fsp3) is 0.480. The third-order valence-corrected chi connectivity index (χ3v) is 8.46. The van der Waals surface area contributed by atoms with Crippen LogP contribution in [0.15, 0.2) is 47.4 Å². The molecule has 1 heterocycles. The highest BCUT2D eigenvalue weighted by atomic mass is 32.2. The van der Waals surface area contributed by atoms with Gasteiger partial charge >= 0.3 is 11.9 Å². The van der Waals surface area contributed by atoms with E-state index >= 15 is 0 Å². The van der Waals surface area contributed by atoms with Crippen molar-refractivity contribution in [3.63, 3.8) is 0 Å². The van der Waals surface area contributed by atoms with Crippen LogP contribution in [0.2, 0.25) is 0 Å². The van der Waals surface area contributed by atoms with Crippen LogP contribution in [0.1, 0.15) is 32.1 Å². The van der Waals surface area contributed by atoms with Gasteiger partial charge in [-0.15, -0.1) is 0 Å². The molecule has 0 spiro atoms. The van der Waals surface area contributed by atoms with E-state index in [1.54, 1.807) is 17.0 Å². The fourth-order valence-electron chi connectivity index (χ4n) is 4.54. The first-order chi connectivity index (χ1) is 17.2. The molecule has 0 bridgehead atoms. The summed E-state index contributed by atoms with van der Waals surface area (Å²) in [5, 5.41) is 20.0. The van der Waals surface area contributed by atoms with Crippen molar-refractivity contribution in [1.82, 2.24) is 14.5 Å². The summed E-state index contributed by atoms with van der Waals surface area (Å²) in [5.41, 5.74) is 0. The van der Waals surface area contributed by atoms with E-state index in [9.17, 15) is 13.2 Å². The van der Waals surface area contributed by atoms with Gasteiger partial charge < -0.3 is 20.4 Å². The Morgan fingerprint density at radius 1 is 0.861 bits per heavy atom. The first-order valence-corrected chi connectivity index (χ1v) is 13.6. The van der Waals surface area contributed by atoms with Crippen molar-refractivity contribution in [2.45, 2.75) is 37.0 Å². The largest absolute Gasteiger partial charge is 0.473 e. The van der Waals surface area contributed by atoms with Gasteiger partial charge in [0.1, 0.15) is 0 Å². The molecule has 0 unspecified atom stereocenters. The molecule has 2 fully saturated rings.